The van der Waals surface area contributed by atoms with Crippen LogP contribution in [0.25, 0.3) is 10.9 Å². The molecule has 7 nitrogen and oxygen atoms in total. The van der Waals surface area contributed by atoms with E-state index in [0.29, 0.717) is 43.5 Å². The molecular formula is C14H19N3O4. The standard InChI is InChI=1S/C14H19N3O4/c1-18-5-7-20-13-11-4-3-10(15)9-12(11)16-14(17-13)21-8-6-19-2/h3-4,9H,5-8,15H2,1-2H3. The van der Waals surface area contributed by atoms with Crippen LogP contribution in [0.1, 0.15) is 0 Å². The van der Waals surface area contributed by atoms with Crippen LogP contribution >= 0.6 is 0 Å². The molecule has 2 aromatic rings. The van der Waals surface area contributed by atoms with Gasteiger partial charge < -0.3 is 24.7 Å². The van der Waals surface area contributed by atoms with Gasteiger partial charge in [0, 0.05) is 19.9 Å². The highest BCUT2D eigenvalue weighted by Gasteiger charge is 2.10. The normalized spacial score (nSPS) is 10.8. The van der Waals surface area contributed by atoms with Gasteiger partial charge in [0.1, 0.15) is 13.2 Å². The van der Waals surface area contributed by atoms with Crippen LogP contribution in [0.3, 0.4) is 0 Å². The number of hydrogen-bond acceptors (Lipinski definition) is 7. The van der Waals surface area contributed by atoms with Crippen molar-refractivity contribution >= 4 is 16.6 Å². The Morgan fingerprint density at radius 1 is 0.952 bits per heavy atom. The fraction of sp³-hybridized carbons (Fsp3) is 0.429. The third kappa shape index (κ3) is 4.17. The highest BCUT2D eigenvalue weighted by Crippen LogP contribution is 2.26. The lowest BCUT2D eigenvalue weighted by Crippen LogP contribution is -2.10. The second kappa shape index (κ2) is 7.61. The molecular weight excluding hydrogens is 274 g/mol. The minimum absolute atomic E-state index is 0.234. The number of ether oxygens (including phenoxy) is 4. The molecule has 1 aromatic heterocycles. The zero-order valence-corrected chi connectivity index (χ0v) is 12.2. The van der Waals surface area contributed by atoms with Crippen molar-refractivity contribution in [3.8, 4) is 11.9 Å². The van der Waals surface area contributed by atoms with Crippen molar-refractivity contribution in [1.82, 2.24) is 9.97 Å². The molecule has 0 atom stereocenters. The van der Waals surface area contributed by atoms with E-state index in [4.69, 9.17) is 24.7 Å². The second-order valence-electron chi connectivity index (χ2n) is 4.27. The number of nitrogen functional groups attached to an aromatic ring is 1. The Hall–Kier alpha value is -2.12. The lowest BCUT2D eigenvalue weighted by Gasteiger charge is -2.10. The van der Waals surface area contributed by atoms with Crippen molar-refractivity contribution < 1.29 is 18.9 Å². The minimum atomic E-state index is 0.234. The van der Waals surface area contributed by atoms with Crippen molar-refractivity contribution in [1.29, 1.82) is 0 Å². The summed E-state index contributed by atoms with van der Waals surface area (Å²) in [5.41, 5.74) is 7.07. The van der Waals surface area contributed by atoms with Crippen LogP contribution in [0.2, 0.25) is 0 Å². The Kier molecular flexibility index (Phi) is 5.53. The lowest BCUT2D eigenvalue weighted by molar-refractivity contribution is 0.135. The predicted molar refractivity (Wildman–Crippen MR) is 78.7 cm³/mol. The molecule has 2 rings (SSSR count). The molecule has 21 heavy (non-hydrogen) atoms. The Bertz CT molecular complexity index is 592. The van der Waals surface area contributed by atoms with E-state index in [0.717, 1.165) is 5.39 Å². The Morgan fingerprint density at radius 3 is 2.38 bits per heavy atom. The van der Waals surface area contributed by atoms with E-state index in [1.807, 2.05) is 6.07 Å². The first-order chi connectivity index (χ1) is 10.2. The van der Waals surface area contributed by atoms with Crippen LogP contribution in [-0.2, 0) is 9.47 Å². The van der Waals surface area contributed by atoms with E-state index >= 15 is 0 Å². The van der Waals surface area contributed by atoms with Crippen molar-refractivity contribution in [3.63, 3.8) is 0 Å². The van der Waals surface area contributed by atoms with Crippen molar-refractivity contribution in [2.45, 2.75) is 0 Å². The van der Waals surface area contributed by atoms with Crippen molar-refractivity contribution in [2.75, 3.05) is 46.4 Å². The first kappa shape index (κ1) is 15.3. The summed E-state index contributed by atoms with van der Waals surface area (Å²) >= 11 is 0. The quantitative estimate of drug-likeness (QED) is 0.579. The van der Waals surface area contributed by atoms with Crippen LogP contribution in [0.15, 0.2) is 18.2 Å². The highest BCUT2D eigenvalue weighted by molar-refractivity contribution is 5.86. The highest BCUT2D eigenvalue weighted by atomic mass is 16.5. The molecule has 0 radical (unpaired) electrons. The molecule has 0 spiro atoms. The first-order valence-corrected chi connectivity index (χ1v) is 6.55. The number of hydrogen-bond donors (Lipinski definition) is 1. The Balaban J connectivity index is 2.28. The van der Waals surface area contributed by atoms with Gasteiger partial charge in [-0.25, -0.2) is 0 Å². The van der Waals surface area contributed by atoms with E-state index in [9.17, 15) is 0 Å². The average Bonchev–Trinajstić information content (AvgIpc) is 2.47. The van der Waals surface area contributed by atoms with Crippen molar-refractivity contribution in [3.05, 3.63) is 18.2 Å². The van der Waals surface area contributed by atoms with Crippen LogP contribution in [0.5, 0.6) is 11.9 Å². The Labute approximate surface area is 123 Å². The summed E-state index contributed by atoms with van der Waals surface area (Å²) in [6.45, 7) is 1.69. The topological polar surface area (TPSA) is 88.7 Å². The molecule has 2 N–H and O–H groups in total. The number of benzene rings is 1. The van der Waals surface area contributed by atoms with Crippen LogP contribution < -0.4 is 15.2 Å². The van der Waals surface area contributed by atoms with Gasteiger partial charge in [0.05, 0.1) is 24.1 Å². The molecule has 0 aliphatic carbocycles. The summed E-state index contributed by atoms with van der Waals surface area (Å²) in [6, 6.07) is 5.59. The van der Waals surface area contributed by atoms with E-state index < -0.39 is 0 Å². The van der Waals surface area contributed by atoms with E-state index in [1.165, 1.54) is 0 Å². The summed E-state index contributed by atoms with van der Waals surface area (Å²) in [5.74, 6) is 0.449. The van der Waals surface area contributed by atoms with Gasteiger partial charge in [0.15, 0.2) is 0 Å². The minimum Gasteiger partial charge on any atom is -0.475 e. The van der Waals surface area contributed by atoms with Gasteiger partial charge in [-0.1, -0.05) is 0 Å². The Morgan fingerprint density at radius 2 is 1.67 bits per heavy atom. The first-order valence-electron chi connectivity index (χ1n) is 6.55. The summed E-state index contributed by atoms with van der Waals surface area (Å²) < 4.78 is 21.0. The number of rotatable bonds is 8. The van der Waals surface area contributed by atoms with Crippen LogP contribution in [0.4, 0.5) is 5.69 Å². The molecule has 0 amide bonds. The molecule has 0 saturated heterocycles. The van der Waals surface area contributed by atoms with E-state index in [-0.39, 0.29) is 6.01 Å². The van der Waals surface area contributed by atoms with E-state index in [1.54, 1.807) is 26.4 Å². The third-order valence-corrected chi connectivity index (χ3v) is 2.71. The number of methoxy groups -OCH3 is 2. The average molecular weight is 293 g/mol. The molecule has 0 aliphatic heterocycles. The summed E-state index contributed by atoms with van der Waals surface area (Å²) in [5, 5.41) is 0.777. The lowest BCUT2D eigenvalue weighted by atomic mass is 10.2. The maximum Gasteiger partial charge on any atom is 0.320 e. The van der Waals surface area contributed by atoms with Gasteiger partial charge in [-0.05, 0) is 18.2 Å². The number of anilines is 1. The van der Waals surface area contributed by atoms with Gasteiger partial charge in [0.25, 0.3) is 0 Å². The molecule has 0 aliphatic rings. The molecule has 7 heteroatoms. The fourth-order valence-corrected chi connectivity index (χ4v) is 1.71. The van der Waals surface area contributed by atoms with Gasteiger partial charge in [0.2, 0.25) is 5.88 Å². The third-order valence-electron chi connectivity index (χ3n) is 2.71. The van der Waals surface area contributed by atoms with E-state index in [2.05, 4.69) is 9.97 Å². The summed E-state index contributed by atoms with van der Waals surface area (Å²) in [6.07, 6.45) is 0. The monoisotopic (exact) mass is 293 g/mol. The smallest absolute Gasteiger partial charge is 0.320 e. The number of nitrogens with two attached hydrogens (primary N) is 1. The molecule has 1 aromatic carbocycles. The molecule has 0 fully saturated rings. The SMILES string of the molecule is COCCOc1nc(OCCOC)c2ccc(N)cc2n1. The fourth-order valence-electron chi connectivity index (χ4n) is 1.71. The van der Waals surface area contributed by atoms with Crippen LogP contribution in [-0.4, -0.2) is 50.6 Å². The second-order valence-corrected chi connectivity index (χ2v) is 4.27. The van der Waals surface area contributed by atoms with Gasteiger partial charge in [-0.2, -0.15) is 9.97 Å². The maximum atomic E-state index is 5.79. The number of nitrogens with zero attached hydrogens (tertiary/aromatic N) is 2. The largest absolute Gasteiger partial charge is 0.475 e. The predicted octanol–water partition coefficient (Wildman–Crippen LogP) is 1.26. The maximum absolute atomic E-state index is 5.79. The van der Waals surface area contributed by atoms with Crippen LogP contribution in [0, 0.1) is 0 Å². The molecule has 0 bridgehead atoms. The molecule has 114 valence electrons. The summed E-state index contributed by atoms with van der Waals surface area (Å²) in [4.78, 5) is 8.58. The van der Waals surface area contributed by atoms with Gasteiger partial charge >= 0.3 is 6.01 Å². The molecule has 0 saturated carbocycles. The summed E-state index contributed by atoms with van der Waals surface area (Å²) in [7, 11) is 3.21. The number of fused-ring (bicyclic) bond motifs is 1. The molecule has 0 unspecified atom stereocenters. The van der Waals surface area contributed by atoms with Gasteiger partial charge in [-0.3, -0.25) is 0 Å². The number of aromatic nitrogens is 2. The van der Waals surface area contributed by atoms with Crippen molar-refractivity contribution in [2.24, 2.45) is 0 Å². The van der Waals surface area contributed by atoms with Gasteiger partial charge in [-0.15, -0.1) is 0 Å². The zero-order valence-electron chi connectivity index (χ0n) is 12.2. The molecule has 1 heterocycles. The zero-order chi connectivity index (χ0) is 15.1.